The van der Waals surface area contributed by atoms with Gasteiger partial charge in [-0.1, -0.05) is 45.4 Å². The van der Waals surface area contributed by atoms with E-state index in [4.69, 9.17) is 4.74 Å². The summed E-state index contributed by atoms with van der Waals surface area (Å²) in [6.07, 6.45) is 11.9. The summed E-state index contributed by atoms with van der Waals surface area (Å²) in [7, 11) is 1.68. The van der Waals surface area contributed by atoms with Crippen LogP contribution in [-0.2, 0) is 12.8 Å². The van der Waals surface area contributed by atoms with Crippen molar-refractivity contribution >= 4 is 39.7 Å². The number of ether oxygens (including phenoxy) is 1. The molecule has 5 nitrogen and oxygen atoms in total. The molecule has 0 unspecified atom stereocenters. The third-order valence-electron chi connectivity index (χ3n) is 6.60. The molecule has 31 heavy (non-hydrogen) atoms. The smallest absolute Gasteiger partial charge is 0.158 e. The first kappa shape index (κ1) is 21.5. The summed E-state index contributed by atoms with van der Waals surface area (Å²) >= 11 is 1.81. The molecule has 1 atom stereocenters. The Hall–Kier alpha value is -2.73. The van der Waals surface area contributed by atoms with E-state index in [0.29, 0.717) is 11.3 Å². The number of nitrogens with one attached hydrogen (secondary N) is 1. The maximum atomic E-state index is 5.38. The molecule has 0 radical (unpaired) electrons. The average molecular weight is 435 g/mol. The molecule has 0 saturated carbocycles. The van der Waals surface area contributed by atoms with E-state index in [1.807, 2.05) is 47.8 Å². The van der Waals surface area contributed by atoms with Crippen LogP contribution in [0.25, 0.3) is 16.3 Å². The summed E-state index contributed by atoms with van der Waals surface area (Å²) < 4.78 is 5.38. The van der Waals surface area contributed by atoms with E-state index in [0.717, 1.165) is 40.2 Å². The van der Waals surface area contributed by atoms with Crippen molar-refractivity contribution in [3.8, 4) is 5.75 Å². The van der Waals surface area contributed by atoms with Crippen LogP contribution in [0.2, 0.25) is 0 Å². The van der Waals surface area contributed by atoms with E-state index in [2.05, 4.69) is 41.3 Å². The number of aromatic nitrogens is 2. The molecule has 4 rings (SSSR count). The first-order chi connectivity index (χ1) is 15.0. The quantitative estimate of drug-likeness (QED) is 0.348. The highest BCUT2D eigenvalue weighted by Gasteiger charge is 2.33. The fraction of sp³-hybridized carbons (Fsp3) is 0.400. The molecule has 0 bridgehead atoms. The predicted octanol–water partition coefficient (Wildman–Crippen LogP) is 6.35. The molecule has 1 N–H and O–H groups in total. The average Bonchev–Trinajstić information content (AvgIpc) is 3.17. The Labute approximate surface area is 188 Å². The highest BCUT2D eigenvalue weighted by Crippen LogP contribution is 2.45. The molecule has 0 amide bonds. The van der Waals surface area contributed by atoms with E-state index < -0.39 is 0 Å². The Morgan fingerprint density at radius 2 is 2.13 bits per heavy atom. The number of hydrogen-bond acceptors (Lipinski definition) is 6. The number of methoxy groups -OCH3 is 1. The SMILES string of the molecule is CCC(C)(C)[C@H]1CCc2sc3ncnc(N/N=C\C=C\c4ccccc4OC)c3c2C1. The van der Waals surface area contributed by atoms with Crippen molar-refractivity contribution in [1.82, 2.24) is 9.97 Å². The third-order valence-corrected chi connectivity index (χ3v) is 7.80. The second-order valence-electron chi connectivity index (χ2n) is 8.68. The highest BCUT2D eigenvalue weighted by molar-refractivity contribution is 7.19. The van der Waals surface area contributed by atoms with Gasteiger partial charge in [-0.15, -0.1) is 11.3 Å². The second-order valence-corrected chi connectivity index (χ2v) is 9.76. The van der Waals surface area contributed by atoms with Gasteiger partial charge in [0.25, 0.3) is 0 Å². The number of aryl methyl sites for hydroxylation is 1. The number of para-hydroxylation sites is 1. The molecule has 1 aromatic carbocycles. The van der Waals surface area contributed by atoms with Gasteiger partial charge in [0.1, 0.15) is 16.9 Å². The van der Waals surface area contributed by atoms with E-state index >= 15 is 0 Å². The summed E-state index contributed by atoms with van der Waals surface area (Å²) in [4.78, 5) is 11.6. The first-order valence-electron chi connectivity index (χ1n) is 10.9. The van der Waals surface area contributed by atoms with E-state index in [9.17, 15) is 0 Å². The Morgan fingerprint density at radius 3 is 2.94 bits per heavy atom. The van der Waals surface area contributed by atoms with Gasteiger partial charge in [0.15, 0.2) is 5.82 Å². The molecule has 0 saturated heterocycles. The van der Waals surface area contributed by atoms with Crippen LogP contribution in [0.3, 0.4) is 0 Å². The Balaban J connectivity index is 1.55. The van der Waals surface area contributed by atoms with Crippen LogP contribution < -0.4 is 10.2 Å². The van der Waals surface area contributed by atoms with Crippen molar-refractivity contribution in [1.29, 1.82) is 0 Å². The number of hydrogen-bond donors (Lipinski definition) is 1. The Bertz CT molecular complexity index is 1120. The van der Waals surface area contributed by atoms with Gasteiger partial charge in [-0.25, -0.2) is 9.97 Å². The van der Waals surface area contributed by atoms with Crippen LogP contribution in [0.5, 0.6) is 5.75 Å². The molecule has 1 aliphatic carbocycles. The fourth-order valence-corrected chi connectivity index (χ4v) is 5.42. The number of allylic oxidation sites excluding steroid dienone is 1. The number of benzene rings is 1. The number of nitrogens with zero attached hydrogens (tertiary/aromatic N) is 3. The lowest BCUT2D eigenvalue weighted by atomic mass is 9.69. The normalized spacial score (nSPS) is 16.8. The molecule has 0 aliphatic heterocycles. The maximum Gasteiger partial charge on any atom is 0.158 e. The summed E-state index contributed by atoms with van der Waals surface area (Å²) in [6.45, 7) is 7.08. The van der Waals surface area contributed by atoms with E-state index in [1.54, 1.807) is 19.7 Å². The van der Waals surface area contributed by atoms with Crippen molar-refractivity contribution in [2.75, 3.05) is 12.5 Å². The Morgan fingerprint density at radius 1 is 1.29 bits per heavy atom. The zero-order valence-electron chi connectivity index (χ0n) is 18.7. The summed E-state index contributed by atoms with van der Waals surface area (Å²) in [6, 6.07) is 7.90. The molecule has 6 heteroatoms. The minimum Gasteiger partial charge on any atom is -0.496 e. The summed E-state index contributed by atoms with van der Waals surface area (Å²) in [5.74, 6) is 2.31. The molecular weight excluding hydrogens is 404 g/mol. The van der Waals surface area contributed by atoms with E-state index in [1.165, 1.54) is 23.3 Å². The van der Waals surface area contributed by atoms with Gasteiger partial charge < -0.3 is 4.74 Å². The van der Waals surface area contributed by atoms with Crippen LogP contribution in [0.15, 0.2) is 41.8 Å². The minimum absolute atomic E-state index is 0.344. The topological polar surface area (TPSA) is 59.4 Å². The van der Waals surface area contributed by atoms with Crippen molar-refractivity contribution < 1.29 is 4.74 Å². The van der Waals surface area contributed by atoms with Crippen molar-refractivity contribution in [2.24, 2.45) is 16.4 Å². The maximum absolute atomic E-state index is 5.38. The largest absolute Gasteiger partial charge is 0.496 e. The molecular formula is C25H30N4OS. The van der Waals surface area contributed by atoms with Gasteiger partial charge in [-0.05, 0) is 54.4 Å². The van der Waals surface area contributed by atoms with Crippen LogP contribution in [0.1, 0.15) is 49.6 Å². The van der Waals surface area contributed by atoms with Crippen LogP contribution in [0.4, 0.5) is 5.82 Å². The van der Waals surface area contributed by atoms with Gasteiger partial charge >= 0.3 is 0 Å². The number of rotatable bonds is 7. The van der Waals surface area contributed by atoms with Gasteiger partial charge in [0, 0.05) is 16.7 Å². The lowest BCUT2D eigenvalue weighted by Gasteiger charge is -2.36. The standard InChI is InChI=1S/C25H30N4OS/c1-5-25(2,3)18-12-13-21-19(15-18)22-23(26-16-27-24(22)31-21)29-28-14-8-10-17-9-6-7-11-20(17)30-4/h6-11,14,16,18H,5,12-13,15H2,1-4H3,(H,26,27,29)/b10-8+,28-14-/t18-/m0/s1. The van der Waals surface area contributed by atoms with Gasteiger partial charge in [-0.2, -0.15) is 5.10 Å². The minimum atomic E-state index is 0.344. The summed E-state index contributed by atoms with van der Waals surface area (Å²) in [5, 5.41) is 5.53. The number of anilines is 1. The summed E-state index contributed by atoms with van der Waals surface area (Å²) in [5.41, 5.74) is 5.92. The lowest BCUT2D eigenvalue weighted by Crippen LogP contribution is -2.28. The highest BCUT2D eigenvalue weighted by atomic mass is 32.1. The molecule has 2 aromatic heterocycles. The number of fused-ring (bicyclic) bond motifs is 3. The zero-order chi connectivity index (χ0) is 21.8. The second kappa shape index (κ2) is 9.18. The van der Waals surface area contributed by atoms with Crippen LogP contribution in [-0.4, -0.2) is 23.3 Å². The predicted molar refractivity (Wildman–Crippen MR) is 131 cm³/mol. The van der Waals surface area contributed by atoms with Gasteiger partial charge in [0.05, 0.1) is 12.5 Å². The van der Waals surface area contributed by atoms with Gasteiger partial charge in [0.2, 0.25) is 0 Å². The molecule has 0 fully saturated rings. The molecule has 1 aliphatic rings. The number of hydrazone groups is 1. The molecule has 162 valence electrons. The zero-order valence-corrected chi connectivity index (χ0v) is 19.5. The fourth-order valence-electron chi connectivity index (χ4n) is 4.24. The van der Waals surface area contributed by atoms with Gasteiger partial charge in [-0.3, -0.25) is 5.43 Å². The van der Waals surface area contributed by atoms with Crippen molar-refractivity contribution in [3.05, 3.63) is 52.7 Å². The lowest BCUT2D eigenvalue weighted by molar-refractivity contribution is 0.184. The first-order valence-corrected chi connectivity index (χ1v) is 11.7. The Kier molecular flexibility index (Phi) is 6.37. The van der Waals surface area contributed by atoms with Crippen LogP contribution >= 0.6 is 11.3 Å². The monoisotopic (exact) mass is 434 g/mol. The molecule has 2 heterocycles. The van der Waals surface area contributed by atoms with Crippen molar-refractivity contribution in [2.45, 2.75) is 46.5 Å². The molecule has 3 aromatic rings. The van der Waals surface area contributed by atoms with E-state index in [-0.39, 0.29) is 0 Å². The molecule has 0 spiro atoms. The number of thiophene rings is 1. The third kappa shape index (κ3) is 4.49. The van der Waals surface area contributed by atoms with Crippen LogP contribution in [0, 0.1) is 11.3 Å². The van der Waals surface area contributed by atoms with Crippen molar-refractivity contribution in [3.63, 3.8) is 0 Å².